The van der Waals surface area contributed by atoms with Gasteiger partial charge in [-0.3, -0.25) is 24.8 Å². The van der Waals surface area contributed by atoms with Gasteiger partial charge in [-0.1, -0.05) is 25.3 Å². The number of nitrogens with one attached hydrogen (secondary N) is 3. The molecule has 0 spiro atoms. The normalized spacial score (nSPS) is 19.7. The average molecular weight is 428 g/mol. The Kier molecular flexibility index (Phi) is 7.17. The molecule has 1 aromatic rings. The summed E-state index contributed by atoms with van der Waals surface area (Å²) in [5.41, 5.74) is -0.00870. The highest BCUT2D eigenvalue weighted by atomic mass is 16.3. The van der Waals surface area contributed by atoms with E-state index in [9.17, 15) is 19.5 Å². The molecule has 2 amide bonds. The molecule has 0 unspecified atom stereocenters. The van der Waals surface area contributed by atoms with Crippen molar-refractivity contribution in [3.05, 3.63) is 36.3 Å². The van der Waals surface area contributed by atoms with Crippen LogP contribution in [0.4, 0.5) is 5.69 Å². The number of anilines is 1. The van der Waals surface area contributed by atoms with Crippen LogP contribution in [0.15, 0.2) is 30.7 Å². The van der Waals surface area contributed by atoms with Gasteiger partial charge >= 0.3 is 0 Å². The van der Waals surface area contributed by atoms with E-state index in [4.69, 9.17) is 5.41 Å². The van der Waals surface area contributed by atoms with E-state index in [0.717, 1.165) is 32.1 Å². The van der Waals surface area contributed by atoms with Crippen LogP contribution in [-0.2, 0) is 14.4 Å². The highest BCUT2D eigenvalue weighted by molar-refractivity contribution is 6.45. The molecule has 9 nitrogen and oxygen atoms in total. The van der Waals surface area contributed by atoms with E-state index in [2.05, 4.69) is 15.6 Å². The van der Waals surface area contributed by atoms with Gasteiger partial charge in [0, 0.05) is 24.9 Å². The van der Waals surface area contributed by atoms with Crippen molar-refractivity contribution in [2.24, 2.45) is 0 Å². The maximum Gasteiger partial charge on any atom is 0.246 e. The minimum absolute atomic E-state index is 0.111. The largest absolute Gasteiger partial charge is 0.394 e. The molecule has 31 heavy (non-hydrogen) atoms. The van der Waals surface area contributed by atoms with Gasteiger partial charge in [-0.25, -0.2) is 0 Å². The predicted molar refractivity (Wildman–Crippen MR) is 116 cm³/mol. The molecule has 1 saturated carbocycles. The summed E-state index contributed by atoms with van der Waals surface area (Å²) in [6, 6.07) is 0.879. The topological polar surface area (TPSA) is 135 Å². The maximum absolute atomic E-state index is 12.9. The molecule has 1 atom stereocenters. The van der Waals surface area contributed by atoms with Gasteiger partial charge in [0.2, 0.25) is 11.8 Å². The first kappa shape index (κ1) is 22.6. The molecular weight excluding hydrogens is 398 g/mol. The minimum Gasteiger partial charge on any atom is -0.394 e. The Morgan fingerprint density at radius 1 is 1.29 bits per heavy atom. The molecule has 9 heteroatoms. The first-order valence-corrected chi connectivity index (χ1v) is 10.6. The highest BCUT2D eigenvalue weighted by Gasteiger charge is 2.38. The van der Waals surface area contributed by atoms with Gasteiger partial charge in [-0.15, -0.1) is 0 Å². The number of nitrogens with zero attached hydrogens (tertiary/aromatic N) is 2. The molecule has 166 valence electrons. The van der Waals surface area contributed by atoms with Crippen LogP contribution in [0.2, 0.25) is 0 Å². The average Bonchev–Trinajstić information content (AvgIpc) is 3.28. The molecule has 1 fully saturated rings. The summed E-state index contributed by atoms with van der Waals surface area (Å²) < 4.78 is 0. The van der Waals surface area contributed by atoms with E-state index >= 15 is 0 Å². The molecule has 1 aliphatic heterocycles. The number of carbonyl (C=O) groups is 3. The van der Waals surface area contributed by atoms with Gasteiger partial charge in [0.05, 0.1) is 30.6 Å². The lowest BCUT2D eigenvalue weighted by Gasteiger charge is -2.38. The van der Waals surface area contributed by atoms with Crippen molar-refractivity contribution in [1.82, 2.24) is 15.2 Å². The van der Waals surface area contributed by atoms with E-state index in [1.807, 2.05) is 0 Å². The summed E-state index contributed by atoms with van der Waals surface area (Å²) >= 11 is 0. The van der Waals surface area contributed by atoms with Gasteiger partial charge in [-0.05, 0) is 25.3 Å². The summed E-state index contributed by atoms with van der Waals surface area (Å²) in [4.78, 5) is 42.7. The van der Waals surface area contributed by atoms with Gasteiger partial charge in [-0.2, -0.15) is 0 Å². The van der Waals surface area contributed by atoms with Crippen molar-refractivity contribution >= 4 is 29.0 Å². The molecule has 3 rings (SSSR count). The van der Waals surface area contributed by atoms with Crippen molar-refractivity contribution < 1.29 is 19.5 Å². The molecule has 2 heterocycles. The molecule has 0 bridgehead atoms. The van der Waals surface area contributed by atoms with Crippen molar-refractivity contribution in [1.29, 1.82) is 5.41 Å². The molecule has 4 N–H and O–H groups in total. The number of Topliss-reactive ketones (excluding diaryl/α,β-unsaturated/α-hetero) is 1. The van der Waals surface area contributed by atoms with Crippen LogP contribution in [-0.4, -0.2) is 63.0 Å². The van der Waals surface area contributed by atoms with Crippen LogP contribution >= 0.6 is 0 Å². The number of rotatable bonds is 8. The maximum atomic E-state index is 12.9. The fourth-order valence-corrected chi connectivity index (χ4v) is 4.11. The Morgan fingerprint density at radius 3 is 2.71 bits per heavy atom. The second-order valence-corrected chi connectivity index (χ2v) is 8.13. The number of aromatic nitrogens is 1. The molecular formula is C22H29N5O4. The monoisotopic (exact) mass is 427 g/mol. The number of carbonyl (C=O) groups excluding carboxylic acids is 3. The first-order valence-electron chi connectivity index (χ1n) is 10.6. The summed E-state index contributed by atoms with van der Waals surface area (Å²) in [7, 11) is 0. The van der Waals surface area contributed by atoms with Gasteiger partial charge in [0.1, 0.15) is 11.8 Å². The third-order valence-corrected chi connectivity index (χ3v) is 5.93. The molecule has 1 aliphatic carbocycles. The van der Waals surface area contributed by atoms with E-state index < -0.39 is 11.6 Å². The molecule has 2 aliphatic rings. The smallest absolute Gasteiger partial charge is 0.246 e. The number of hydrogen-bond donors (Lipinski definition) is 4. The Hall–Kier alpha value is -3.07. The third-order valence-electron chi connectivity index (χ3n) is 5.93. The summed E-state index contributed by atoms with van der Waals surface area (Å²) in [6.45, 7) is 1.07. The number of hydrogen-bond acceptors (Lipinski definition) is 7. The lowest BCUT2D eigenvalue weighted by atomic mass is 9.82. The number of aliphatic hydroxyl groups excluding tert-OH is 1. The molecule has 0 saturated heterocycles. The number of pyridine rings is 1. The second-order valence-electron chi connectivity index (χ2n) is 8.13. The van der Waals surface area contributed by atoms with Crippen LogP contribution in [0.1, 0.15) is 51.0 Å². The van der Waals surface area contributed by atoms with Crippen LogP contribution in [0.3, 0.4) is 0 Å². The molecule has 0 aromatic carbocycles. The Bertz CT molecular complexity index is 892. The van der Waals surface area contributed by atoms with Crippen LogP contribution < -0.4 is 10.6 Å². The first-order chi connectivity index (χ1) is 14.9. The molecule has 1 aromatic heterocycles. The standard InChI is InChI=1S/C22H29N5O4/c1-15(29)20(23)16-7-10-24-12-17(16)25-13-19(30)27-11-5-6-18(27)21(31)26-22(14-28)8-3-2-4-9-22/h5,7,10-12,18,23,25,28H,2-4,6,8-9,13-14H2,1H3,(H,26,31)/t18-/m0/s1. The fourth-order valence-electron chi connectivity index (χ4n) is 4.11. The Labute approximate surface area is 181 Å². The van der Waals surface area contributed by atoms with E-state index in [1.165, 1.54) is 24.2 Å². The summed E-state index contributed by atoms with van der Waals surface area (Å²) in [6.07, 6.45) is 11.2. The number of ketones is 1. The zero-order chi connectivity index (χ0) is 22.4. The fraction of sp³-hybridized carbons (Fsp3) is 0.500. The highest BCUT2D eigenvalue weighted by Crippen LogP contribution is 2.28. The third kappa shape index (κ3) is 5.16. The van der Waals surface area contributed by atoms with E-state index in [0.29, 0.717) is 17.7 Å². The molecule has 0 radical (unpaired) electrons. The lowest BCUT2D eigenvalue weighted by molar-refractivity contribution is -0.137. The van der Waals surface area contributed by atoms with Crippen LogP contribution in [0.5, 0.6) is 0 Å². The summed E-state index contributed by atoms with van der Waals surface area (Å²) in [5, 5.41) is 23.7. The van der Waals surface area contributed by atoms with Gasteiger partial charge in [0.25, 0.3) is 0 Å². The van der Waals surface area contributed by atoms with Crippen molar-refractivity contribution in [2.45, 2.75) is 57.0 Å². The minimum atomic E-state index is -0.663. The van der Waals surface area contributed by atoms with Gasteiger partial charge < -0.3 is 20.6 Å². The van der Waals surface area contributed by atoms with Crippen molar-refractivity contribution in [2.75, 3.05) is 18.5 Å². The lowest BCUT2D eigenvalue weighted by Crippen LogP contribution is -2.57. The van der Waals surface area contributed by atoms with Crippen LogP contribution in [0.25, 0.3) is 0 Å². The number of aliphatic hydroxyl groups is 1. The quantitative estimate of drug-likeness (QED) is 0.463. The van der Waals surface area contributed by atoms with Gasteiger partial charge in [0.15, 0.2) is 5.78 Å². The summed E-state index contributed by atoms with van der Waals surface area (Å²) in [5.74, 6) is -0.977. The SMILES string of the molecule is CC(=O)C(=N)c1ccncc1NCC(=O)N1C=CC[C@H]1C(=O)NC1(CO)CCCCC1. The van der Waals surface area contributed by atoms with Crippen molar-refractivity contribution in [3.8, 4) is 0 Å². The van der Waals surface area contributed by atoms with E-state index in [1.54, 1.807) is 18.3 Å². The van der Waals surface area contributed by atoms with Crippen molar-refractivity contribution in [3.63, 3.8) is 0 Å². The predicted octanol–water partition coefficient (Wildman–Crippen LogP) is 1.38. The van der Waals surface area contributed by atoms with Crippen LogP contribution in [0, 0.1) is 5.41 Å². The zero-order valence-corrected chi connectivity index (χ0v) is 17.7. The zero-order valence-electron chi connectivity index (χ0n) is 17.7. The Morgan fingerprint density at radius 2 is 2.03 bits per heavy atom. The van der Waals surface area contributed by atoms with E-state index in [-0.39, 0.29) is 36.5 Å². The number of amides is 2. The Balaban J connectivity index is 1.64. The second kappa shape index (κ2) is 9.82.